The number of ether oxygens (including phenoxy) is 2. The molecule has 0 aromatic rings. The van der Waals surface area contributed by atoms with Crippen LogP contribution in [0.3, 0.4) is 0 Å². The molecule has 85 heavy (non-hydrogen) atoms. The highest BCUT2D eigenvalue weighted by atomic mass is 31.2. The van der Waals surface area contributed by atoms with E-state index in [1.807, 2.05) is 0 Å². The molecule has 0 heterocycles. The van der Waals surface area contributed by atoms with Gasteiger partial charge in [-0.25, -0.2) is 4.57 Å². The SMILES string of the molecule is CC/C=C\C/C=C\C/C=C\C/C=C\C/C=C\C/C=C\C/C=C\C/C=C\C/C=C\C/C=C\CCCCC(=O)OC(COC(=O)CCCCCCCCCCCCCCCCC/C=C\C/C=C\C/C=C\C/C=C\C/C=C\CC)COP(=O)(O)OCCN. The molecule has 0 spiro atoms. The third-order valence-electron chi connectivity index (χ3n) is 13.3. The number of esters is 2. The van der Waals surface area contributed by atoms with Crippen molar-refractivity contribution < 1.29 is 37.6 Å². The first-order valence-electron chi connectivity index (χ1n) is 33.3. The highest BCUT2D eigenvalue weighted by Gasteiger charge is 2.26. The summed E-state index contributed by atoms with van der Waals surface area (Å²) in [5.74, 6) is -0.890. The van der Waals surface area contributed by atoms with Crippen LogP contribution in [0.1, 0.15) is 245 Å². The molecule has 0 aliphatic rings. The van der Waals surface area contributed by atoms with Crippen molar-refractivity contribution in [3.05, 3.63) is 182 Å². The van der Waals surface area contributed by atoms with Crippen molar-refractivity contribution in [2.24, 2.45) is 5.73 Å². The minimum absolute atomic E-state index is 0.0367. The van der Waals surface area contributed by atoms with E-state index in [-0.39, 0.29) is 32.6 Å². The van der Waals surface area contributed by atoms with E-state index in [1.165, 1.54) is 77.0 Å². The summed E-state index contributed by atoms with van der Waals surface area (Å²) >= 11 is 0. The molecule has 0 amide bonds. The summed E-state index contributed by atoms with van der Waals surface area (Å²) in [5, 5.41) is 0. The lowest BCUT2D eigenvalue weighted by atomic mass is 10.0. The van der Waals surface area contributed by atoms with Crippen LogP contribution in [0.2, 0.25) is 0 Å². The third kappa shape index (κ3) is 68.1. The fourth-order valence-electron chi connectivity index (χ4n) is 8.46. The fraction of sp³-hybridized carbons (Fsp3) is 0.573. The van der Waals surface area contributed by atoms with Crippen molar-refractivity contribution in [1.82, 2.24) is 0 Å². The zero-order valence-corrected chi connectivity index (χ0v) is 54.4. The van der Waals surface area contributed by atoms with E-state index < -0.39 is 32.5 Å². The molecule has 0 fully saturated rings. The first kappa shape index (κ1) is 80.1. The van der Waals surface area contributed by atoms with Crippen LogP contribution in [0.25, 0.3) is 0 Å². The van der Waals surface area contributed by atoms with Crippen LogP contribution in [0.5, 0.6) is 0 Å². The predicted molar refractivity (Wildman–Crippen MR) is 366 cm³/mol. The number of phosphoric acid groups is 1. The van der Waals surface area contributed by atoms with Gasteiger partial charge in [-0.15, -0.1) is 0 Å². The number of carbonyl (C=O) groups is 2. The van der Waals surface area contributed by atoms with Gasteiger partial charge in [0.25, 0.3) is 0 Å². The van der Waals surface area contributed by atoms with E-state index >= 15 is 0 Å². The normalized spacial score (nSPS) is 14.2. The fourth-order valence-corrected chi connectivity index (χ4v) is 9.22. The zero-order valence-electron chi connectivity index (χ0n) is 53.5. The maximum absolute atomic E-state index is 12.7. The number of rotatable bonds is 60. The van der Waals surface area contributed by atoms with E-state index in [4.69, 9.17) is 24.3 Å². The van der Waals surface area contributed by atoms with Crippen molar-refractivity contribution in [2.75, 3.05) is 26.4 Å². The third-order valence-corrected chi connectivity index (χ3v) is 14.3. The summed E-state index contributed by atoms with van der Waals surface area (Å²) in [6, 6.07) is 0. The topological polar surface area (TPSA) is 134 Å². The lowest BCUT2D eigenvalue weighted by Gasteiger charge is -2.19. The predicted octanol–water partition coefficient (Wildman–Crippen LogP) is 22.0. The molecule has 0 aliphatic carbocycles. The van der Waals surface area contributed by atoms with Crippen LogP contribution in [0.15, 0.2) is 182 Å². The number of hydrogen-bond donors (Lipinski definition) is 2. The van der Waals surface area contributed by atoms with Gasteiger partial charge in [-0.05, 0) is 135 Å². The summed E-state index contributed by atoms with van der Waals surface area (Å²) in [7, 11) is -4.42. The average Bonchev–Trinajstić information content (AvgIpc) is 3.52. The van der Waals surface area contributed by atoms with E-state index in [2.05, 4.69) is 196 Å². The Kier molecular flexibility index (Phi) is 64.3. The van der Waals surface area contributed by atoms with Crippen molar-refractivity contribution in [3.8, 4) is 0 Å². The van der Waals surface area contributed by atoms with Gasteiger partial charge in [-0.3, -0.25) is 18.6 Å². The second kappa shape index (κ2) is 68.2. The molecule has 0 aromatic carbocycles. The summed E-state index contributed by atoms with van der Waals surface area (Å²) in [6.07, 6.45) is 103. The Balaban J connectivity index is 4.05. The molecule has 0 saturated carbocycles. The van der Waals surface area contributed by atoms with Gasteiger partial charge >= 0.3 is 19.8 Å². The molecule has 0 saturated heterocycles. The Morgan fingerprint density at radius 2 is 0.612 bits per heavy atom. The first-order valence-corrected chi connectivity index (χ1v) is 34.8. The van der Waals surface area contributed by atoms with Gasteiger partial charge in [-0.1, -0.05) is 280 Å². The second-order valence-corrected chi connectivity index (χ2v) is 22.7. The number of allylic oxidation sites excluding steroid dienone is 30. The Hall–Kier alpha value is -4.89. The van der Waals surface area contributed by atoms with E-state index in [0.29, 0.717) is 6.42 Å². The van der Waals surface area contributed by atoms with Crippen molar-refractivity contribution >= 4 is 19.8 Å². The van der Waals surface area contributed by atoms with Crippen molar-refractivity contribution in [2.45, 2.75) is 251 Å². The van der Waals surface area contributed by atoms with Gasteiger partial charge < -0.3 is 20.1 Å². The van der Waals surface area contributed by atoms with Gasteiger partial charge in [0.15, 0.2) is 6.10 Å². The molecule has 10 heteroatoms. The lowest BCUT2D eigenvalue weighted by molar-refractivity contribution is -0.161. The minimum Gasteiger partial charge on any atom is -0.462 e. The molecular weight excluding hydrogens is 1070 g/mol. The monoisotopic (exact) mass is 1190 g/mol. The van der Waals surface area contributed by atoms with Gasteiger partial charge in [0.1, 0.15) is 6.61 Å². The Morgan fingerprint density at radius 3 is 0.929 bits per heavy atom. The molecule has 3 N–H and O–H groups in total. The molecule has 0 bridgehead atoms. The number of carbonyl (C=O) groups excluding carboxylic acids is 2. The molecule has 9 nitrogen and oxygen atoms in total. The first-order chi connectivity index (χ1) is 41.8. The smallest absolute Gasteiger partial charge is 0.462 e. The van der Waals surface area contributed by atoms with E-state index in [0.717, 1.165) is 135 Å². The van der Waals surface area contributed by atoms with Gasteiger partial charge in [-0.2, -0.15) is 0 Å². The Bertz CT molecular complexity index is 2040. The zero-order chi connectivity index (χ0) is 61.6. The van der Waals surface area contributed by atoms with Crippen LogP contribution in [0, 0.1) is 0 Å². The largest absolute Gasteiger partial charge is 0.472 e. The van der Waals surface area contributed by atoms with Crippen molar-refractivity contribution in [1.29, 1.82) is 0 Å². The standard InChI is InChI=1S/C75H120NO8P/c1-3-5-7-9-11-13-15-17-19-21-23-25-27-29-31-33-35-36-38-40-42-44-46-48-50-52-54-56-58-60-62-64-66-68-75(78)84-73(72-83-85(79,80)82-70-69-76)71-81-74(77)67-65-63-61-59-57-55-53-51-49-47-45-43-41-39-37-34-32-30-28-26-24-22-20-18-16-14-12-10-8-6-4-2/h5-8,11-14,17-20,23-26,29-32,35-36,40,42,46,48,52,54,58,60,73H,3-4,9-10,15-16,21-22,27-28,33-34,37-39,41,43-45,47,49-51,53,55-57,59,61-72,76H2,1-2H3,(H,79,80)/b7-5-,8-6-,13-11-,14-12-,19-17-,20-18-,25-23-,26-24-,31-29-,32-30-,36-35-,42-40-,48-46-,54-52-,60-58-. The maximum Gasteiger partial charge on any atom is 0.472 e. The van der Waals surface area contributed by atoms with E-state index in [9.17, 15) is 19.0 Å². The number of phosphoric ester groups is 1. The molecule has 0 aliphatic heterocycles. The average molecular weight is 1190 g/mol. The summed E-state index contributed by atoms with van der Waals surface area (Å²) in [5.41, 5.74) is 5.39. The Morgan fingerprint density at radius 1 is 0.353 bits per heavy atom. The Labute approximate surface area is 520 Å². The molecule has 2 unspecified atom stereocenters. The van der Waals surface area contributed by atoms with Crippen LogP contribution in [-0.2, 0) is 32.7 Å². The molecule has 0 rings (SSSR count). The van der Waals surface area contributed by atoms with Gasteiger partial charge in [0.2, 0.25) is 0 Å². The molecular formula is C75H120NO8P. The maximum atomic E-state index is 12.7. The quantitative estimate of drug-likeness (QED) is 0.0264. The van der Waals surface area contributed by atoms with Crippen molar-refractivity contribution in [3.63, 3.8) is 0 Å². The number of nitrogens with two attached hydrogens (primary N) is 1. The van der Waals surface area contributed by atoms with E-state index in [1.54, 1.807) is 0 Å². The summed E-state index contributed by atoms with van der Waals surface area (Å²) < 4.78 is 33.1. The molecule has 0 aromatic heterocycles. The van der Waals surface area contributed by atoms with Crippen LogP contribution >= 0.6 is 7.82 Å². The second-order valence-electron chi connectivity index (χ2n) is 21.2. The summed E-state index contributed by atoms with van der Waals surface area (Å²) in [4.78, 5) is 35.3. The van der Waals surface area contributed by atoms with Gasteiger partial charge in [0, 0.05) is 19.4 Å². The highest BCUT2D eigenvalue weighted by Crippen LogP contribution is 2.43. The molecule has 2 atom stereocenters. The van der Waals surface area contributed by atoms with Crippen LogP contribution in [-0.4, -0.2) is 49.3 Å². The highest BCUT2D eigenvalue weighted by molar-refractivity contribution is 7.47. The number of unbranched alkanes of at least 4 members (excludes halogenated alkanes) is 17. The van der Waals surface area contributed by atoms with Gasteiger partial charge in [0.05, 0.1) is 13.2 Å². The van der Waals surface area contributed by atoms with Crippen LogP contribution in [0.4, 0.5) is 0 Å². The number of hydrogen-bond acceptors (Lipinski definition) is 8. The van der Waals surface area contributed by atoms with Crippen LogP contribution < -0.4 is 5.73 Å². The minimum atomic E-state index is -4.42. The summed E-state index contributed by atoms with van der Waals surface area (Å²) in [6.45, 7) is 3.45. The lowest BCUT2D eigenvalue weighted by Crippen LogP contribution is -2.29. The molecule has 0 radical (unpaired) electrons. The molecule has 478 valence electrons.